The number of fused-ring (bicyclic) bond motifs is 1. The number of aliphatic hydroxyl groups is 2. The lowest BCUT2D eigenvalue weighted by atomic mass is 10.1. The molecule has 0 saturated carbocycles. The summed E-state index contributed by atoms with van der Waals surface area (Å²) in [6.45, 7) is 3.65. The van der Waals surface area contributed by atoms with Crippen LogP contribution in [0.4, 0.5) is 0 Å². The average Bonchev–Trinajstić information content (AvgIpc) is 3.68. The monoisotopic (exact) mass is 746 g/mol. The van der Waals surface area contributed by atoms with E-state index in [1.54, 1.807) is 38.1 Å². The first kappa shape index (κ1) is 38.0. The lowest BCUT2D eigenvalue weighted by molar-refractivity contribution is -0.267. The number of ether oxygens (including phenoxy) is 7. The van der Waals surface area contributed by atoms with Crippen LogP contribution in [0.1, 0.15) is 30.5 Å². The van der Waals surface area contributed by atoms with Crippen LogP contribution in [0.3, 0.4) is 0 Å². The summed E-state index contributed by atoms with van der Waals surface area (Å²) in [5.41, 5.74) is 2.79. The van der Waals surface area contributed by atoms with Gasteiger partial charge in [0.2, 0.25) is 0 Å². The molecule has 3 aliphatic rings. The highest BCUT2D eigenvalue weighted by molar-refractivity contribution is 7.67. The van der Waals surface area contributed by atoms with E-state index < -0.39 is 74.6 Å². The maximum absolute atomic E-state index is 15.8. The lowest BCUT2D eigenvalue weighted by Crippen LogP contribution is -2.57. The fraction of sp³-hybridized carbons (Fsp3) is 0.415. The minimum atomic E-state index is -4.02. The predicted octanol–water partition coefficient (Wildman–Crippen LogP) is 5.32. The molecule has 3 saturated heterocycles. The molecule has 4 aromatic rings. The molecule has 7 rings (SSSR count). The molecule has 12 heteroatoms. The van der Waals surface area contributed by atoms with E-state index in [4.69, 9.17) is 37.7 Å². The van der Waals surface area contributed by atoms with Gasteiger partial charge in [0.05, 0.1) is 33.0 Å². The van der Waals surface area contributed by atoms with E-state index in [1.807, 2.05) is 97.1 Å². The van der Waals surface area contributed by atoms with Gasteiger partial charge in [0.1, 0.15) is 42.7 Å². The van der Waals surface area contributed by atoms with Gasteiger partial charge in [0.15, 0.2) is 17.9 Å². The molecule has 0 bridgehead atoms. The van der Waals surface area contributed by atoms with Gasteiger partial charge in [-0.15, -0.1) is 0 Å². The van der Waals surface area contributed by atoms with Crippen LogP contribution >= 0.6 is 7.37 Å². The quantitative estimate of drug-likeness (QED) is 0.153. The Kier molecular flexibility index (Phi) is 12.2. The van der Waals surface area contributed by atoms with E-state index in [9.17, 15) is 10.2 Å². The Morgan fingerprint density at radius 3 is 1.79 bits per heavy atom. The minimum Gasteiger partial charge on any atom is -0.394 e. The Morgan fingerprint density at radius 2 is 1.23 bits per heavy atom. The van der Waals surface area contributed by atoms with Crippen molar-refractivity contribution in [2.24, 2.45) is 0 Å². The summed E-state index contributed by atoms with van der Waals surface area (Å²) in [7, 11) is -4.02. The minimum absolute atomic E-state index is 0.0453. The van der Waals surface area contributed by atoms with Gasteiger partial charge in [-0.25, -0.2) is 0 Å². The van der Waals surface area contributed by atoms with Crippen molar-refractivity contribution >= 4 is 12.7 Å². The fourth-order valence-electron chi connectivity index (χ4n) is 7.05. The number of hydrogen-bond acceptors (Lipinski definition) is 11. The van der Waals surface area contributed by atoms with Crippen LogP contribution in [0.2, 0.25) is 0 Å². The summed E-state index contributed by atoms with van der Waals surface area (Å²) in [6.07, 6.45) is -7.71. The molecule has 11 nitrogen and oxygen atoms in total. The standard InChI is InChI=1S/C41H47O11P/c1-41(2)50-36-34(32(43)23-42)48-39(37(36)51-41)49-40-38(47-26-30-19-11-5-12-20-30)35(46-25-29-17-9-4-10-18-29)33(27-45-24-28-15-7-3-8-16-28)52-53(40,44)31-21-13-6-14-22-31/h3-22,32-40,42-43H,23-27H2,1-2H3/t32-,33-,34-,35-,36+,37+,38+,39-,40+,53+/m1/s1. The van der Waals surface area contributed by atoms with Gasteiger partial charge < -0.3 is 47.9 Å². The predicted molar refractivity (Wildman–Crippen MR) is 195 cm³/mol. The van der Waals surface area contributed by atoms with Crippen molar-refractivity contribution in [3.8, 4) is 0 Å². The highest BCUT2D eigenvalue weighted by Gasteiger charge is 2.62. The molecular weight excluding hydrogens is 699 g/mol. The Bertz CT molecular complexity index is 1760. The molecule has 0 radical (unpaired) electrons. The van der Waals surface area contributed by atoms with E-state index >= 15 is 4.57 Å². The molecule has 2 N–H and O–H groups in total. The molecule has 0 unspecified atom stereocenters. The Balaban J connectivity index is 1.28. The number of aliphatic hydroxyl groups excluding tert-OH is 2. The summed E-state index contributed by atoms with van der Waals surface area (Å²) in [5.74, 6) is -2.31. The normalized spacial score (nSPS) is 31.2. The molecule has 0 amide bonds. The van der Waals surface area contributed by atoms with E-state index in [0.717, 1.165) is 16.7 Å². The molecule has 0 aromatic heterocycles. The Labute approximate surface area is 310 Å². The second-order valence-electron chi connectivity index (χ2n) is 13.9. The number of benzene rings is 4. The van der Waals surface area contributed by atoms with Crippen LogP contribution in [0.5, 0.6) is 0 Å². The maximum Gasteiger partial charge on any atom is 0.263 e. The van der Waals surface area contributed by atoms with Crippen LogP contribution < -0.4 is 5.30 Å². The van der Waals surface area contributed by atoms with Crippen LogP contribution in [0.15, 0.2) is 121 Å². The number of hydrogen-bond donors (Lipinski definition) is 2. The summed E-state index contributed by atoms with van der Waals surface area (Å²) in [4.78, 5) is 0. The van der Waals surface area contributed by atoms with Crippen molar-refractivity contribution in [1.82, 2.24) is 0 Å². The molecule has 0 spiro atoms. The van der Waals surface area contributed by atoms with Gasteiger partial charge in [0.25, 0.3) is 7.37 Å². The van der Waals surface area contributed by atoms with Gasteiger partial charge in [-0.3, -0.25) is 4.57 Å². The molecule has 53 heavy (non-hydrogen) atoms. The van der Waals surface area contributed by atoms with Crippen molar-refractivity contribution < 1.29 is 52.5 Å². The molecule has 0 aliphatic carbocycles. The van der Waals surface area contributed by atoms with E-state index in [2.05, 4.69) is 0 Å². The molecule has 3 heterocycles. The molecule has 282 valence electrons. The van der Waals surface area contributed by atoms with Crippen molar-refractivity contribution in [1.29, 1.82) is 0 Å². The first-order valence-corrected chi connectivity index (χ1v) is 19.7. The van der Waals surface area contributed by atoms with Crippen molar-refractivity contribution in [3.05, 3.63) is 138 Å². The smallest absolute Gasteiger partial charge is 0.263 e. The van der Waals surface area contributed by atoms with Crippen LogP contribution in [-0.4, -0.2) is 84.1 Å². The van der Waals surface area contributed by atoms with Crippen LogP contribution in [0, 0.1) is 0 Å². The third kappa shape index (κ3) is 8.83. The van der Waals surface area contributed by atoms with Crippen molar-refractivity contribution in [2.75, 3.05) is 13.2 Å². The molecule has 3 fully saturated rings. The van der Waals surface area contributed by atoms with E-state index in [0.29, 0.717) is 11.9 Å². The van der Waals surface area contributed by atoms with E-state index in [1.165, 1.54) is 0 Å². The first-order valence-electron chi connectivity index (χ1n) is 18.0. The second kappa shape index (κ2) is 17.0. The van der Waals surface area contributed by atoms with Gasteiger partial charge in [0, 0.05) is 5.30 Å². The third-order valence-corrected chi connectivity index (χ3v) is 12.3. The zero-order valence-electron chi connectivity index (χ0n) is 29.8. The zero-order chi connectivity index (χ0) is 36.8. The topological polar surface area (TPSA) is 131 Å². The fourth-order valence-corrected chi connectivity index (χ4v) is 9.68. The lowest BCUT2D eigenvalue weighted by Gasteiger charge is -2.46. The van der Waals surface area contributed by atoms with Gasteiger partial charge in [-0.05, 0) is 42.7 Å². The van der Waals surface area contributed by atoms with Gasteiger partial charge in [-0.2, -0.15) is 0 Å². The first-order chi connectivity index (χ1) is 25.7. The highest BCUT2D eigenvalue weighted by Crippen LogP contribution is 2.59. The molecule has 3 aliphatic heterocycles. The number of rotatable bonds is 15. The third-order valence-electron chi connectivity index (χ3n) is 9.57. The maximum atomic E-state index is 15.8. The summed E-state index contributed by atoms with van der Waals surface area (Å²) in [6, 6.07) is 38.1. The van der Waals surface area contributed by atoms with E-state index in [-0.39, 0.29) is 19.8 Å². The SMILES string of the molecule is CC1(C)O[C@@H]2[C@H](O1)[C@@H](O[C@@H]1[C@@H](OCc3ccccc3)[C@H](OCc3ccccc3)[C@@H](COCc3ccccc3)O[P@@]1(=O)c1ccccc1)O[C@@H]2[C@H](O)CO. The molecule has 10 atom stereocenters. The molecule has 4 aromatic carbocycles. The van der Waals surface area contributed by atoms with Crippen molar-refractivity contribution in [3.63, 3.8) is 0 Å². The Morgan fingerprint density at radius 1 is 0.717 bits per heavy atom. The van der Waals surface area contributed by atoms with Crippen molar-refractivity contribution in [2.45, 2.75) is 94.3 Å². The molecular formula is C41H47O11P. The zero-order valence-corrected chi connectivity index (χ0v) is 30.7. The van der Waals surface area contributed by atoms with Gasteiger partial charge in [-0.1, -0.05) is 109 Å². The summed E-state index contributed by atoms with van der Waals surface area (Å²) < 4.78 is 67.7. The summed E-state index contributed by atoms with van der Waals surface area (Å²) >= 11 is 0. The highest BCUT2D eigenvalue weighted by atomic mass is 31.2. The van der Waals surface area contributed by atoms with Gasteiger partial charge >= 0.3 is 0 Å². The Hall–Kier alpha value is -3.29. The summed E-state index contributed by atoms with van der Waals surface area (Å²) in [5, 5.41) is 21.1. The average molecular weight is 747 g/mol. The van der Waals surface area contributed by atoms with Crippen LogP contribution in [-0.2, 0) is 62.1 Å². The second-order valence-corrected chi connectivity index (χ2v) is 16.3. The largest absolute Gasteiger partial charge is 0.394 e. The van der Waals surface area contributed by atoms with Crippen LogP contribution in [0.25, 0.3) is 0 Å².